The van der Waals surface area contributed by atoms with Crippen molar-refractivity contribution in [3.8, 4) is 0 Å². The number of carbonyl (C=O) groups is 1. The highest BCUT2D eigenvalue weighted by molar-refractivity contribution is 7.89. The number of fused-ring (bicyclic) bond motifs is 2. The Kier molecular flexibility index (Phi) is 3.09. The molecule has 1 heterocycles. The largest absolute Gasteiger partial charge is 0.481 e. The minimum atomic E-state index is -3.71. The third-order valence-corrected chi connectivity index (χ3v) is 5.90. The number of nitrogens with zero attached hydrogens (tertiary/aromatic N) is 2. The number of carboxylic acid groups (broad SMARTS) is 1. The summed E-state index contributed by atoms with van der Waals surface area (Å²) in [6.45, 7) is 0. The summed E-state index contributed by atoms with van der Waals surface area (Å²) in [7, 11) is -2.07. The molecule has 2 saturated carbocycles. The molecule has 8 heteroatoms. The van der Waals surface area contributed by atoms with Crippen LogP contribution in [0.4, 0.5) is 0 Å². The van der Waals surface area contributed by atoms with E-state index in [-0.39, 0.29) is 16.7 Å². The van der Waals surface area contributed by atoms with Gasteiger partial charge in [-0.2, -0.15) is 5.10 Å². The summed E-state index contributed by atoms with van der Waals surface area (Å²) in [5.41, 5.74) is 0. The van der Waals surface area contributed by atoms with E-state index in [2.05, 4.69) is 9.82 Å². The van der Waals surface area contributed by atoms with Crippen LogP contribution in [0.5, 0.6) is 0 Å². The summed E-state index contributed by atoms with van der Waals surface area (Å²) < 4.78 is 28.6. The lowest BCUT2D eigenvalue weighted by atomic mass is 9.85. The molecule has 0 saturated heterocycles. The van der Waals surface area contributed by atoms with E-state index in [4.69, 9.17) is 0 Å². The molecule has 3 rings (SSSR count). The second-order valence-electron chi connectivity index (χ2n) is 5.69. The predicted molar refractivity (Wildman–Crippen MR) is 69.3 cm³/mol. The van der Waals surface area contributed by atoms with Crippen molar-refractivity contribution in [2.75, 3.05) is 0 Å². The highest BCUT2D eigenvalue weighted by atomic mass is 32.2. The summed E-state index contributed by atoms with van der Waals surface area (Å²) in [5.74, 6) is -1.29. The van der Waals surface area contributed by atoms with E-state index in [1.165, 1.54) is 17.1 Å². The molecule has 0 radical (unpaired) electrons. The SMILES string of the molecule is Cn1cc(S(=O)(=O)NC2C3CCC(C3)C2C(=O)O)cn1. The van der Waals surface area contributed by atoms with Crippen molar-refractivity contribution in [2.24, 2.45) is 24.8 Å². The molecule has 2 aliphatic rings. The van der Waals surface area contributed by atoms with Crippen LogP contribution in [0, 0.1) is 17.8 Å². The molecule has 2 bridgehead atoms. The summed E-state index contributed by atoms with van der Waals surface area (Å²) >= 11 is 0. The lowest BCUT2D eigenvalue weighted by Crippen LogP contribution is -2.46. The molecule has 2 N–H and O–H groups in total. The molecular formula is C12H17N3O4S. The maximum atomic E-state index is 12.3. The van der Waals surface area contributed by atoms with Gasteiger partial charge in [0, 0.05) is 19.3 Å². The first-order chi connectivity index (χ1) is 9.38. The number of carboxylic acids is 1. The van der Waals surface area contributed by atoms with E-state index in [0.717, 1.165) is 19.3 Å². The smallest absolute Gasteiger partial charge is 0.308 e. The molecule has 0 amide bonds. The van der Waals surface area contributed by atoms with Gasteiger partial charge in [-0.05, 0) is 31.1 Å². The van der Waals surface area contributed by atoms with E-state index in [1.807, 2.05) is 0 Å². The zero-order chi connectivity index (χ0) is 14.5. The first kappa shape index (κ1) is 13.6. The second kappa shape index (κ2) is 4.56. The summed E-state index contributed by atoms with van der Waals surface area (Å²) in [5, 5.41) is 13.2. The fourth-order valence-corrected chi connectivity index (χ4v) is 4.91. The van der Waals surface area contributed by atoms with Crippen LogP contribution in [0.15, 0.2) is 17.3 Å². The van der Waals surface area contributed by atoms with Crippen LogP contribution >= 0.6 is 0 Å². The average Bonchev–Trinajstić information content (AvgIpc) is 3.02. The molecule has 7 nitrogen and oxygen atoms in total. The molecular weight excluding hydrogens is 282 g/mol. The molecule has 110 valence electrons. The van der Waals surface area contributed by atoms with Crippen molar-refractivity contribution in [3.63, 3.8) is 0 Å². The highest BCUT2D eigenvalue weighted by Gasteiger charge is 2.52. The van der Waals surface area contributed by atoms with Gasteiger partial charge in [0.2, 0.25) is 10.0 Å². The lowest BCUT2D eigenvalue weighted by Gasteiger charge is -2.28. The number of aryl methyl sites for hydroxylation is 1. The second-order valence-corrected chi connectivity index (χ2v) is 7.41. The van der Waals surface area contributed by atoms with Gasteiger partial charge in [0.05, 0.1) is 12.1 Å². The number of hydrogen-bond donors (Lipinski definition) is 2. The van der Waals surface area contributed by atoms with Gasteiger partial charge in [0.1, 0.15) is 4.90 Å². The molecule has 0 spiro atoms. The Morgan fingerprint density at radius 3 is 2.75 bits per heavy atom. The summed E-state index contributed by atoms with van der Waals surface area (Å²) in [4.78, 5) is 11.5. The van der Waals surface area contributed by atoms with E-state index < -0.39 is 28.0 Å². The summed E-state index contributed by atoms with van der Waals surface area (Å²) in [6.07, 6.45) is 5.26. The summed E-state index contributed by atoms with van der Waals surface area (Å²) in [6, 6.07) is -0.503. The Morgan fingerprint density at radius 1 is 1.45 bits per heavy atom. The Balaban J connectivity index is 1.85. The number of rotatable bonds is 4. The van der Waals surface area contributed by atoms with Gasteiger partial charge in [-0.3, -0.25) is 9.48 Å². The highest BCUT2D eigenvalue weighted by Crippen LogP contribution is 2.48. The molecule has 4 unspecified atom stereocenters. The Hall–Kier alpha value is -1.41. The van der Waals surface area contributed by atoms with Crippen LogP contribution in [0.2, 0.25) is 0 Å². The van der Waals surface area contributed by atoms with Crippen molar-refractivity contribution in [1.82, 2.24) is 14.5 Å². The van der Waals surface area contributed by atoms with Crippen LogP contribution in [0.3, 0.4) is 0 Å². The Labute approximate surface area is 117 Å². The van der Waals surface area contributed by atoms with E-state index in [9.17, 15) is 18.3 Å². The van der Waals surface area contributed by atoms with Crippen molar-refractivity contribution >= 4 is 16.0 Å². The van der Waals surface area contributed by atoms with Gasteiger partial charge in [-0.1, -0.05) is 0 Å². The van der Waals surface area contributed by atoms with Gasteiger partial charge >= 0.3 is 5.97 Å². The first-order valence-corrected chi connectivity index (χ1v) is 8.10. The maximum Gasteiger partial charge on any atom is 0.308 e. The zero-order valence-corrected chi connectivity index (χ0v) is 11.9. The van der Waals surface area contributed by atoms with Crippen molar-refractivity contribution in [3.05, 3.63) is 12.4 Å². The standard InChI is InChI=1S/C12H17N3O4S/c1-15-6-9(5-13-15)20(18,19)14-11-8-3-2-7(4-8)10(11)12(16)17/h5-8,10-11,14H,2-4H2,1H3,(H,16,17). The predicted octanol–water partition coefficient (Wildman–Crippen LogP) is 0.198. The fraction of sp³-hybridized carbons (Fsp3) is 0.667. The van der Waals surface area contributed by atoms with Gasteiger partial charge in [-0.25, -0.2) is 13.1 Å². The monoisotopic (exact) mass is 299 g/mol. The quantitative estimate of drug-likeness (QED) is 0.827. The topological polar surface area (TPSA) is 101 Å². The number of aromatic nitrogens is 2. The fourth-order valence-electron chi connectivity index (χ4n) is 3.60. The van der Waals surface area contributed by atoms with Crippen LogP contribution in [0.1, 0.15) is 19.3 Å². The van der Waals surface area contributed by atoms with Crippen LogP contribution in [0.25, 0.3) is 0 Å². The van der Waals surface area contributed by atoms with Crippen molar-refractivity contribution in [1.29, 1.82) is 0 Å². The molecule has 2 fully saturated rings. The molecule has 4 atom stereocenters. The van der Waals surface area contributed by atoms with Gasteiger partial charge < -0.3 is 5.11 Å². The lowest BCUT2D eigenvalue weighted by molar-refractivity contribution is -0.144. The zero-order valence-electron chi connectivity index (χ0n) is 11.1. The first-order valence-electron chi connectivity index (χ1n) is 6.62. The van der Waals surface area contributed by atoms with Crippen molar-refractivity contribution in [2.45, 2.75) is 30.2 Å². The molecule has 0 aromatic carbocycles. The third kappa shape index (κ3) is 2.12. The van der Waals surface area contributed by atoms with E-state index >= 15 is 0 Å². The molecule has 1 aromatic rings. The maximum absolute atomic E-state index is 12.3. The third-order valence-electron chi connectivity index (χ3n) is 4.48. The number of nitrogens with one attached hydrogen (secondary N) is 1. The average molecular weight is 299 g/mol. The minimum absolute atomic E-state index is 0.0758. The van der Waals surface area contributed by atoms with Crippen LogP contribution in [-0.4, -0.2) is 35.3 Å². The van der Waals surface area contributed by atoms with Crippen molar-refractivity contribution < 1.29 is 18.3 Å². The molecule has 2 aliphatic carbocycles. The number of hydrogen-bond acceptors (Lipinski definition) is 4. The number of sulfonamides is 1. The van der Waals surface area contributed by atoms with Crippen LogP contribution < -0.4 is 4.72 Å². The van der Waals surface area contributed by atoms with E-state index in [0.29, 0.717) is 0 Å². The molecule has 0 aliphatic heterocycles. The van der Waals surface area contributed by atoms with E-state index in [1.54, 1.807) is 7.05 Å². The van der Waals surface area contributed by atoms with Gasteiger partial charge in [-0.15, -0.1) is 0 Å². The molecule has 1 aromatic heterocycles. The van der Waals surface area contributed by atoms with Gasteiger partial charge in [0.25, 0.3) is 0 Å². The molecule has 20 heavy (non-hydrogen) atoms. The minimum Gasteiger partial charge on any atom is -0.481 e. The Bertz CT molecular complexity index is 639. The van der Waals surface area contributed by atoms with Crippen LogP contribution in [-0.2, 0) is 21.9 Å². The number of aliphatic carboxylic acids is 1. The Morgan fingerprint density at radius 2 is 2.15 bits per heavy atom. The normalized spacial score (nSPS) is 32.6. The van der Waals surface area contributed by atoms with Gasteiger partial charge in [0.15, 0.2) is 0 Å².